The number of rotatable bonds is 2. The van der Waals surface area contributed by atoms with Crippen LogP contribution in [0.15, 0.2) is 0 Å². The number of ether oxygens (including phenoxy) is 1. The van der Waals surface area contributed by atoms with Gasteiger partial charge in [-0.05, 0) is 25.2 Å². The van der Waals surface area contributed by atoms with Crippen molar-refractivity contribution in [2.24, 2.45) is 11.7 Å². The van der Waals surface area contributed by atoms with Gasteiger partial charge in [-0.25, -0.2) is 0 Å². The third kappa shape index (κ3) is 2.67. The molecule has 0 aromatic rings. The van der Waals surface area contributed by atoms with Gasteiger partial charge in [0.15, 0.2) is 6.10 Å². The molecular formula is C14H23N3O3. The molecule has 0 bridgehead atoms. The Labute approximate surface area is 119 Å². The van der Waals surface area contributed by atoms with Crippen molar-refractivity contribution >= 4 is 11.8 Å². The van der Waals surface area contributed by atoms with Crippen molar-refractivity contribution in [1.82, 2.24) is 10.2 Å². The minimum absolute atomic E-state index is 0.0882. The highest BCUT2D eigenvalue weighted by Crippen LogP contribution is 2.33. The molecule has 20 heavy (non-hydrogen) atoms. The molecule has 6 nitrogen and oxygen atoms in total. The standard InChI is InChI=1S/C14H23N3O3/c15-13(18)12-8-17(5-6-20-12)14(19)11-7-9-3-1-2-4-10(9)16-11/h9-12,16H,1-8H2,(H2,15,18)/t9-,10+,11+,12+/m1/s1. The fraction of sp³-hybridized carbons (Fsp3) is 0.857. The summed E-state index contributed by atoms with van der Waals surface area (Å²) in [5.41, 5.74) is 5.26. The van der Waals surface area contributed by atoms with E-state index in [0.717, 1.165) is 6.42 Å². The summed E-state index contributed by atoms with van der Waals surface area (Å²) in [4.78, 5) is 25.5. The Morgan fingerprint density at radius 1 is 1.25 bits per heavy atom. The molecule has 1 aliphatic carbocycles. The lowest BCUT2D eigenvalue weighted by molar-refractivity contribution is -0.146. The van der Waals surface area contributed by atoms with Gasteiger partial charge in [-0.1, -0.05) is 12.8 Å². The zero-order valence-electron chi connectivity index (χ0n) is 11.7. The molecule has 2 amide bonds. The van der Waals surface area contributed by atoms with Crippen LogP contribution in [-0.4, -0.2) is 54.6 Å². The molecule has 0 aromatic carbocycles. The van der Waals surface area contributed by atoms with Gasteiger partial charge >= 0.3 is 0 Å². The van der Waals surface area contributed by atoms with Gasteiger partial charge in [0.25, 0.3) is 0 Å². The van der Waals surface area contributed by atoms with Crippen molar-refractivity contribution in [1.29, 1.82) is 0 Å². The van der Waals surface area contributed by atoms with Crippen LogP contribution in [0.2, 0.25) is 0 Å². The number of primary amides is 1. The molecule has 2 heterocycles. The van der Waals surface area contributed by atoms with E-state index >= 15 is 0 Å². The summed E-state index contributed by atoms with van der Waals surface area (Å²) in [6, 6.07) is 0.417. The first kappa shape index (κ1) is 13.8. The Kier molecular flexibility index (Phi) is 3.94. The molecule has 112 valence electrons. The van der Waals surface area contributed by atoms with Gasteiger partial charge in [-0.3, -0.25) is 9.59 Å². The largest absolute Gasteiger partial charge is 0.367 e. The Hall–Kier alpha value is -1.14. The lowest BCUT2D eigenvalue weighted by Crippen LogP contribution is -2.54. The molecule has 0 spiro atoms. The molecule has 6 heteroatoms. The third-order valence-corrected chi connectivity index (χ3v) is 4.86. The van der Waals surface area contributed by atoms with Crippen molar-refractivity contribution < 1.29 is 14.3 Å². The van der Waals surface area contributed by atoms with Crippen LogP contribution in [-0.2, 0) is 14.3 Å². The predicted molar refractivity (Wildman–Crippen MR) is 72.8 cm³/mol. The van der Waals surface area contributed by atoms with Gasteiger partial charge in [0.2, 0.25) is 11.8 Å². The Bertz CT molecular complexity index is 387. The van der Waals surface area contributed by atoms with E-state index in [0.29, 0.717) is 31.7 Å². The van der Waals surface area contributed by atoms with E-state index in [4.69, 9.17) is 10.5 Å². The molecule has 0 radical (unpaired) electrons. The van der Waals surface area contributed by atoms with E-state index < -0.39 is 12.0 Å². The molecule has 0 aromatic heterocycles. The summed E-state index contributed by atoms with van der Waals surface area (Å²) in [5, 5.41) is 3.49. The highest BCUT2D eigenvalue weighted by Gasteiger charge is 2.40. The Morgan fingerprint density at radius 3 is 2.80 bits per heavy atom. The topological polar surface area (TPSA) is 84.7 Å². The van der Waals surface area contributed by atoms with Crippen molar-refractivity contribution in [2.45, 2.75) is 50.3 Å². The van der Waals surface area contributed by atoms with Crippen molar-refractivity contribution in [3.8, 4) is 0 Å². The molecule has 3 aliphatic rings. The first-order valence-electron chi connectivity index (χ1n) is 7.61. The van der Waals surface area contributed by atoms with Crippen molar-refractivity contribution in [2.75, 3.05) is 19.7 Å². The summed E-state index contributed by atoms with van der Waals surface area (Å²) < 4.78 is 5.29. The third-order valence-electron chi connectivity index (χ3n) is 4.86. The maximum Gasteiger partial charge on any atom is 0.248 e. The highest BCUT2D eigenvalue weighted by molar-refractivity contribution is 5.84. The summed E-state index contributed by atoms with van der Waals surface area (Å²) in [7, 11) is 0. The average Bonchev–Trinajstić information content (AvgIpc) is 2.90. The second-order valence-corrected chi connectivity index (χ2v) is 6.15. The van der Waals surface area contributed by atoms with E-state index in [1.807, 2.05) is 0 Å². The van der Waals surface area contributed by atoms with Crippen LogP contribution in [0.25, 0.3) is 0 Å². The van der Waals surface area contributed by atoms with Gasteiger partial charge in [-0.2, -0.15) is 0 Å². The monoisotopic (exact) mass is 281 g/mol. The fourth-order valence-electron chi connectivity index (χ4n) is 3.75. The Balaban J connectivity index is 1.60. The summed E-state index contributed by atoms with van der Waals surface area (Å²) in [6.45, 7) is 1.23. The number of nitrogens with zero attached hydrogens (tertiary/aromatic N) is 1. The Morgan fingerprint density at radius 2 is 2.05 bits per heavy atom. The van der Waals surface area contributed by atoms with Gasteiger partial charge in [0.1, 0.15) is 0 Å². The number of hydrogen-bond donors (Lipinski definition) is 2. The molecular weight excluding hydrogens is 258 g/mol. The maximum absolute atomic E-state index is 12.6. The zero-order chi connectivity index (χ0) is 14.1. The van der Waals surface area contributed by atoms with E-state index in [1.54, 1.807) is 4.90 Å². The van der Waals surface area contributed by atoms with E-state index in [9.17, 15) is 9.59 Å². The minimum atomic E-state index is -0.656. The number of amides is 2. The molecule has 2 saturated heterocycles. The van der Waals surface area contributed by atoms with Crippen LogP contribution >= 0.6 is 0 Å². The van der Waals surface area contributed by atoms with Gasteiger partial charge in [0, 0.05) is 12.6 Å². The average molecular weight is 281 g/mol. The van der Waals surface area contributed by atoms with Crippen LogP contribution in [0.4, 0.5) is 0 Å². The normalized spacial score (nSPS) is 37.5. The molecule has 3 rings (SSSR count). The van der Waals surface area contributed by atoms with Gasteiger partial charge in [-0.15, -0.1) is 0 Å². The van der Waals surface area contributed by atoms with Gasteiger partial charge in [0.05, 0.1) is 19.2 Å². The molecule has 3 fully saturated rings. The first-order chi connectivity index (χ1) is 9.65. The minimum Gasteiger partial charge on any atom is -0.367 e. The van der Waals surface area contributed by atoms with Gasteiger partial charge < -0.3 is 20.7 Å². The summed E-state index contributed by atoms with van der Waals surface area (Å²) in [6.07, 6.45) is 5.23. The number of morpholine rings is 1. The predicted octanol–water partition coefficient (Wildman–Crippen LogP) is -0.380. The van der Waals surface area contributed by atoms with E-state index in [2.05, 4.69) is 5.32 Å². The second kappa shape index (κ2) is 5.69. The molecule has 2 aliphatic heterocycles. The summed E-state index contributed by atoms with van der Waals surface area (Å²) >= 11 is 0. The molecule has 0 unspecified atom stereocenters. The quantitative estimate of drug-likeness (QED) is 0.722. The van der Waals surface area contributed by atoms with E-state index in [1.165, 1.54) is 25.7 Å². The van der Waals surface area contributed by atoms with E-state index in [-0.39, 0.29) is 11.9 Å². The smallest absolute Gasteiger partial charge is 0.248 e. The molecule has 1 saturated carbocycles. The lowest BCUT2D eigenvalue weighted by atomic mass is 9.85. The van der Waals surface area contributed by atoms with Crippen LogP contribution in [0, 0.1) is 5.92 Å². The number of carbonyl (C=O) groups excluding carboxylic acids is 2. The number of nitrogens with two attached hydrogens (primary N) is 1. The fourth-order valence-corrected chi connectivity index (χ4v) is 3.75. The van der Waals surface area contributed by atoms with Crippen LogP contribution in [0.3, 0.4) is 0 Å². The number of carbonyl (C=O) groups is 2. The molecule has 3 N–H and O–H groups in total. The van der Waals surface area contributed by atoms with Crippen molar-refractivity contribution in [3.05, 3.63) is 0 Å². The number of fused-ring (bicyclic) bond motifs is 1. The van der Waals surface area contributed by atoms with Crippen LogP contribution in [0.1, 0.15) is 32.1 Å². The number of hydrogen-bond acceptors (Lipinski definition) is 4. The second-order valence-electron chi connectivity index (χ2n) is 6.15. The van der Waals surface area contributed by atoms with Crippen LogP contribution < -0.4 is 11.1 Å². The maximum atomic E-state index is 12.6. The van der Waals surface area contributed by atoms with Crippen molar-refractivity contribution in [3.63, 3.8) is 0 Å². The first-order valence-corrected chi connectivity index (χ1v) is 7.61. The zero-order valence-corrected chi connectivity index (χ0v) is 11.7. The highest BCUT2D eigenvalue weighted by atomic mass is 16.5. The molecule has 4 atom stereocenters. The summed E-state index contributed by atoms with van der Waals surface area (Å²) in [5.74, 6) is 0.259. The SMILES string of the molecule is NC(=O)[C@@H]1CN(C(=O)[C@@H]2C[C@H]3CCCC[C@@H]3N2)CCO1. The lowest BCUT2D eigenvalue weighted by Gasteiger charge is -2.33. The van der Waals surface area contributed by atoms with Crippen LogP contribution in [0.5, 0.6) is 0 Å². The number of nitrogens with one attached hydrogen (secondary N) is 1.